The molecule has 0 bridgehead atoms. The van der Waals surface area contributed by atoms with E-state index >= 15 is 0 Å². The van der Waals surface area contributed by atoms with Crippen molar-refractivity contribution >= 4 is 17.8 Å². The molecule has 118 valence electrons. The molecule has 0 aliphatic carbocycles. The molecule has 3 rings (SSSR count). The Balaban J connectivity index is 1.71. The number of carbonyl (C=O) groups is 1. The summed E-state index contributed by atoms with van der Waals surface area (Å²) in [6, 6.07) is 11.3. The third kappa shape index (κ3) is 3.88. The predicted octanol–water partition coefficient (Wildman–Crippen LogP) is 3.18. The number of carbonyl (C=O) groups excluding carboxylic acids is 1. The molecule has 23 heavy (non-hydrogen) atoms. The van der Waals surface area contributed by atoms with E-state index in [1.807, 2.05) is 43.3 Å². The second kappa shape index (κ2) is 6.96. The first kappa shape index (κ1) is 15.1. The maximum atomic E-state index is 12.0. The molecule has 5 nitrogen and oxygen atoms in total. The van der Waals surface area contributed by atoms with Gasteiger partial charge in [0.15, 0.2) is 0 Å². The third-order valence-electron chi connectivity index (χ3n) is 3.41. The molecule has 1 aromatic carbocycles. The van der Waals surface area contributed by atoms with Crippen molar-refractivity contribution in [2.75, 3.05) is 6.61 Å². The Bertz CT molecular complexity index is 745. The normalized spacial score (nSPS) is 15.6. The summed E-state index contributed by atoms with van der Waals surface area (Å²) in [7, 11) is 0. The number of amides is 1. The number of furan rings is 1. The summed E-state index contributed by atoms with van der Waals surface area (Å²) in [5.74, 6) is 2.14. The van der Waals surface area contributed by atoms with Crippen molar-refractivity contribution in [3.8, 4) is 5.75 Å². The molecule has 1 N–H and O–H groups in total. The van der Waals surface area contributed by atoms with Crippen LogP contribution in [0.1, 0.15) is 24.7 Å². The maximum absolute atomic E-state index is 12.0. The molecule has 2 aromatic rings. The minimum Gasteiger partial charge on any atom is -0.494 e. The lowest BCUT2D eigenvalue weighted by Gasteiger charge is -2.03. The van der Waals surface area contributed by atoms with E-state index in [0.717, 1.165) is 17.1 Å². The van der Waals surface area contributed by atoms with Crippen LogP contribution in [0.15, 0.2) is 57.8 Å². The van der Waals surface area contributed by atoms with E-state index in [0.29, 0.717) is 31.0 Å². The van der Waals surface area contributed by atoms with E-state index in [2.05, 4.69) is 10.3 Å². The van der Waals surface area contributed by atoms with Crippen LogP contribution in [-0.4, -0.2) is 18.3 Å². The molecule has 1 aliphatic rings. The number of benzene rings is 1. The SMILES string of the molecule is CCOc1cccc(/C=C2/N=C(CCc3ccco3)NC2=O)c1. The highest BCUT2D eigenvalue weighted by Crippen LogP contribution is 2.18. The summed E-state index contributed by atoms with van der Waals surface area (Å²) in [6.07, 6.45) is 4.74. The quantitative estimate of drug-likeness (QED) is 0.833. The van der Waals surface area contributed by atoms with Crippen LogP contribution in [0.5, 0.6) is 5.75 Å². The van der Waals surface area contributed by atoms with E-state index in [4.69, 9.17) is 9.15 Å². The molecule has 5 heteroatoms. The molecule has 1 aliphatic heterocycles. The highest BCUT2D eigenvalue weighted by molar-refractivity contribution is 6.14. The highest BCUT2D eigenvalue weighted by atomic mass is 16.5. The van der Waals surface area contributed by atoms with Crippen molar-refractivity contribution in [1.82, 2.24) is 5.32 Å². The lowest BCUT2D eigenvalue weighted by Crippen LogP contribution is -2.24. The molecule has 0 saturated heterocycles. The molecular weight excluding hydrogens is 292 g/mol. The number of rotatable bonds is 6. The van der Waals surface area contributed by atoms with E-state index in [1.54, 1.807) is 12.3 Å². The van der Waals surface area contributed by atoms with Gasteiger partial charge in [0.2, 0.25) is 0 Å². The molecule has 1 amide bonds. The number of nitrogens with one attached hydrogen (secondary N) is 1. The fourth-order valence-corrected chi connectivity index (χ4v) is 2.35. The summed E-state index contributed by atoms with van der Waals surface area (Å²) in [6.45, 7) is 2.54. The van der Waals surface area contributed by atoms with Crippen molar-refractivity contribution < 1.29 is 13.9 Å². The Morgan fingerprint density at radius 3 is 2.96 bits per heavy atom. The molecule has 0 unspecified atom stereocenters. The van der Waals surface area contributed by atoms with Gasteiger partial charge in [-0.05, 0) is 42.8 Å². The topological polar surface area (TPSA) is 63.8 Å². The van der Waals surface area contributed by atoms with E-state index < -0.39 is 0 Å². The van der Waals surface area contributed by atoms with E-state index in [-0.39, 0.29) is 5.91 Å². The van der Waals surface area contributed by atoms with Gasteiger partial charge in [-0.25, -0.2) is 4.99 Å². The van der Waals surface area contributed by atoms with Gasteiger partial charge in [0.1, 0.15) is 23.0 Å². The highest BCUT2D eigenvalue weighted by Gasteiger charge is 2.19. The maximum Gasteiger partial charge on any atom is 0.275 e. The van der Waals surface area contributed by atoms with Crippen molar-refractivity contribution in [3.05, 3.63) is 59.7 Å². The number of aliphatic imine (C=N–C) groups is 1. The molecule has 0 atom stereocenters. The average molecular weight is 310 g/mol. The second-order valence-corrected chi connectivity index (χ2v) is 5.13. The van der Waals surface area contributed by atoms with Crippen LogP contribution < -0.4 is 10.1 Å². The van der Waals surface area contributed by atoms with Crippen LogP contribution in [0, 0.1) is 0 Å². The summed E-state index contributed by atoms with van der Waals surface area (Å²) in [4.78, 5) is 16.4. The molecule has 0 radical (unpaired) electrons. The molecule has 1 aromatic heterocycles. The average Bonchev–Trinajstić information content (AvgIpc) is 3.16. The minimum atomic E-state index is -0.179. The Hall–Kier alpha value is -2.82. The Kier molecular flexibility index (Phi) is 4.57. The number of nitrogens with zero attached hydrogens (tertiary/aromatic N) is 1. The fraction of sp³-hybridized carbons (Fsp3) is 0.222. The lowest BCUT2D eigenvalue weighted by atomic mass is 10.2. The number of hydrogen-bond acceptors (Lipinski definition) is 4. The first-order valence-corrected chi connectivity index (χ1v) is 7.60. The van der Waals surface area contributed by atoms with Gasteiger partial charge in [-0.3, -0.25) is 4.79 Å². The van der Waals surface area contributed by atoms with Gasteiger partial charge >= 0.3 is 0 Å². The number of ether oxygens (including phenoxy) is 1. The van der Waals surface area contributed by atoms with Gasteiger partial charge in [0.25, 0.3) is 5.91 Å². The number of hydrogen-bond donors (Lipinski definition) is 1. The van der Waals surface area contributed by atoms with E-state index in [1.165, 1.54) is 0 Å². The largest absolute Gasteiger partial charge is 0.494 e. The van der Waals surface area contributed by atoms with Gasteiger partial charge in [-0.2, -0.15) is 0 Å². The van der Waals surface area contributed by atoms with Gasteiger partial charge in [0, 0.05) is 12.8 Å². The summed E-state index contributed by atoms with van der Waals surface area (Å²) >= 11 is 0. The van der Waals surface area contributed by atoms with Crippen LogP contribution in [0.3, 0.4) is 0 Å². The summed E-state index contributed by atoms with van der Waals surface area (Å²) in [5.41, 5.74) is 1.30. The van der Waals surface area contributed by atoms with Crippen LogP contribution in [-0.2, 0) is 11.2 Å². The summed E-state index contributed by atoms with van der Waals surface area (Å²) < 4.78 is 10.7. The van der Waals surface area contributed by atoms with Crippen molar-refractivity contribution in [3.63, 3.8) is 0 Å². The summed E-state index contributed by atoms with van der Waals surface area (Å²) in [5, 5.41) is 2.80. The zero-order valence-corrected chi connectivity index (χ0v) is 12.9. The fourth-order valence-electron chi connectivity index (χ4n) is 2.35. The first-order valence-electron chi connectivity index (χ1n) is 7.60. The molecule has 0 spiro atoms. The van der Waals surface area contributed by atoms with Crippen molar-refractivity contribution in [2.24, 2.45) is 4.99 Å². The monoisotopic (exact) mass is 310 g/mol. The predicted molar refractivity (Wildman–Crippen MR) is 88.2 cm³/mol. The molecule has 0 fully saturated rings. The Morgan fingerprint density at radius 2 is 2.17 bits per heavy atom. The van der Waals surface area contributed by atoms with E-state index in [9.17, 15) is 4.79 Å². The molecular formula is C18H18N2O3. The Morgan fingerprint density at radius 1 is 1.26 bits per heavy atom. The Labute approximate surface area is 134 Å². The van der Waals surface area contributed by atoms with Crippen molar-refractivity contribution in [1.29, 1.82) is 0 Å². The smallest absolute Gasteiger partial charge is 0.275 e. The molecule has 2 heterocycles. The zero-order chi connectivity index (χ0) is 16.1. The molecule has 0 saturated carbocycles. The third-order valence-corrected chi connectivity index (χ3v) is 3.41. The zero-order valence-electron chi connectivity index (χ0n) is 12.9. The van der Waals surface area contributed by atoms with Crippen LogP contribution in [0.2, 0.25) is 0 Å². The number of aryl methyl sites for hydroxylation is 1. The van der Waals surface area contributed by atoms with Crippen LogP contribution >= 0.6 is 0 Å². The van der Waals surface area contributed by atoms with Crippen molar-refractivity contribution in [2.45, 2.75) is 19.8 Å². The number of amidine groups is 1. The van der Waals surface area contributed by atoms with Gasteiger partial charge in [-0.15, -0.1) is 0 Å². The van der Waals surface area contributed by atoms with Gasteiger partial charge in [-0.1, -0.05) is 12.1 Å². The minimum absolute atomic E-state index is 0.179. The lowest BCUT2D eigenvalue weighted by molar-refractivity contribution is -0.115. The standard InChI is InChI=1S/C18H18N2O3/c1-2-22-15-6-3-5-13(11-15)12-16-18(21)20-17(19-16)9-8-14-7-4-10-23-14/h3-7,10-12H,2,8-9H2,1H3,(H,19,20,21)/b16-12+. The van der Waals surface area contributed by atoms with Gasteiger partial charge in [0.05, 0.1) is 12.9 Å². The first-order chi connectivity index (χ1) is 11.2. The second-order valence-electron chi connectivity index (χ2n) is 5.13. The van der Waals surface area contributed by atoms with Crippen LogP contribution in [0.4, 0.5) is 0 Å². The van der Waals surface area contributed by atoms with Crippen LogP contribution in [0.25, 0.3) is 6.08 Å². The van der Waals surface area contributed by atoms with Gasteiger partial charge < -0.3 is 14.5 Å².